The molecule has 3 rings (SSSR count). The van der Waals surface area contributed by atoms with Crippen molar-refractivity contribution < 1.29 is 9.50 Å². The fraction of sp³-hybridized carbons (Fsp3) is 0.0769. The van der Waals surface area contributed by atoms with Gasteiger partial charge in [0.25, 0.3) is 0 Å². The van der Waals surface area contributed by atoms with E-state index in [4.69, 9.17) is 0 Å². The third-order valence-electron chi connectivity index (χ3n) is 2.88. The Kier molecular flexibility index (Phi) is 2.26. The lowest BCUT2D eigenvalue weighted by atomic mass is 10.2. The lowest BCUT2D eigenvalue weighted by Crippen LogP contribution is -1.93. The largest absolute Gasteiger partial charge is 0.507 e. The molecule has 0 radical (unpaired) electrons. The number of benzene rings is 1. The Morgan fingerprint density at radius 1 is 1.28 bits per heavy atom. The van der Waals surface area contributed by atoms with Crippen LogP contribution in [0, 0.1) is 5.82 Å². The number of aromatic hydroxyl groups is 1. The van der Waals surface area contributed by atoms with Crippen LogP contribution in [0.2, 0.25) is 0 Å². The van der Waals surface area contributed by atoms with Crippen molar-refractivity contribution in [3.05, 3.63) is 42.5 Å². The van der Waals surface area contributed by atoms with E-state index in [-0.39, 0.29) is 5.75 Å². The summed E-state index contributed by atoms with van der Waals surface area (Å²) in [7, 11) is 1.83. The van der Waals surface area contributed by atoms with Gasteiger partial charge in [-0.1, -0.05) is 0 Å². The first kappa shape index (κ1) is 10.7. The van der Waals surface area contributed by atoms with Gasteiger partial charge in [-0.05, 0) is 18.2 Å². The Hall–Kier alpha value is -2.43. The number of fused-ring (bicyclic) bond motifs is 1. The molecule has 0 saturated carbocycles. The molecule has 0 bridgehead atoms. The average molecular weight is 243 g/mol. The van der Waals surface area contributed by atoms with Crippen LogP contribution in [0.5, 0.6) is 5.75 Å². The fourth-order valence-electron chi connectivity index (χ4n) is 1.97. The van der Waals surface area contributed by atoms with Crippen molar-refractivity contribution in [2.45, 2.75) is 0 Å². The van der Waals surface area contributed by atoms with Gasteiger partial charge in [0, 0.05) is 19.3 Å². The summed E-state index contributed by atoms with van der Waals surface area (Å²) in [5.41, 5.74) is 2.14. The number of imidazole rings is 1. The minimum Gasteiger partial charge on any atom is -0.507 e. The Morgan fingerprint density at radius 2 is 2.11 bits per heavy atom. The summed E-state index contributed by atoms with van der Waals surface area (Å²) >= 11 is 0. The number of aromatic nitrogens is 3. The van der Waals surface area contributed by atoms with Gasteiger partial charge < -0.3 is 9.67 Å². The van der Waals surface area contributed by atoms with Crippen LogP contribution in [0.25, 0.3) is 22.4 Å². The molecule has 0 fully saturated rings. The first-order chi connectivity index (χ1) is 8.66. The van der Waals surface area contributed by atoms with E-state index in [1.54, 1.807) is 18.5 Å². The second-order valence-electron chi connectivity index (χ2n) is 4.02. The number of nitrogens with zero attached hydrogens (tertiary/aromatic N) is 3. The number of hydrogen-bond acceptors (Lipinski definition) is 3. The van der Waals surface area contributed by atoms with Crippen molar-refractivity contribution in [1.82, 2.24) is 14.5 Å². The molecule has 90 valence electrons. The predicted molar refractivity (Wildman–Crippen MR) is 65.6 cm³/mol. The van der Waals surface area contributed by atoms with E-state index in [1.807, 2.05) is 11.6 Å². The molecule has 0 unspecified atom stereocenters. The van der Waals surface area contributed by atoms with Crippen molar-refractivity contribution >= 4 is 11.0 Å². The highest BCUT2D eigenvalue weighted by Gasteiger charge is 2.13. The molecule has 0 spiro atoms. The van der Waals surface area contributed by atoms with Crippen LogP contribution in [-0.2, 0) is 7.05 Å². The highest BCUT2D eigenvalue weighted by molar-refractivity contribution is 5.80. The van der Waals surface area contributed by atoms with Crippen LogP contribution >= 0.6 is 0 Å². The van der Waals surface area contributed by atoms with Crippen LogP contribution in [0.4, 0.5) is 4.39 Å². The van der Waals surface area contributed by atoms with E-state index < -0.39 is 5.82 Å². The zero-order valence-corrected chi connectivity index (χ0v) is 9.63. The summed E-state index contributed by atoms with van der Waals surface area (Å²) < 4.78 is 14.8. The smallest absolute Gasteiger partial charge is 0.144 e. The lowest BCUT2D eigenvalue weighted by molar-refractivity contribution is 0.470. The predicted octanol–water partition coefficient (Wildman–Crippen LogP) is 2.48. The van der Waals surface area contributed by atoms with Gasteiger partial charge in [-0.15, -0.1) is 0 Å². The van der Waals surface area contributed by atoms with Crippen LogP contribution in [0.15, 0.2) is 36.7 Å². The summed E-state index contributed by atoms with van der Waals surface area (Å²) in [5.74, 6) is -0.0199. The topological polar surface area (TPSA) is 50.9 Å². The average Bonchev–Trinajstić information content (AvgIpc) is 2.68. The molecule has 18 heavy (non-hydrogen) atoms. The first-order valence-electron chi connectivity index (χ1n) is 5.42. The van der Waals surface area contributed by atoms with E-state index in [1.165, 1.54) is 12.1 Å². The number of hydrogen-bond donors (Lipinski definition) is 1. The molecule has 0 aliphatic rings. The van der Waals surface area contributed by atoms with Crippen LogP contribution in [0.1, 0.15) is 0 Å². The maximum absolute atomic E-state index is 13.0. The van der Waals surface area contributed by atoms with Crippen molar-refractivity contribution in [3.8, 4) is 17.1 Å². The van der Waals surface area contributed by atoms with Crippen molar-refractivity contribution in [3.63, 3.8) is 0 Å². The molecule has 0 amide bonds. The van der Waals surface area contributed by atoms with Crippen molar-refractivity contribution in [2.24, 2.45) is 7.05 Å². The van der Waals surface area contributed by atoms with Crippen LogP contribution in [-0.4, -0.2) is 19.6 Å². The SMILES string of the molecule is Cn1c(-c2ccc(F)cc2O)nc2ccncc21. The number of pyridine rings is 1. The van der Waals surface area contributed by atoms with E-state index >= 15 is 0 Å². The third kappa shape index (κ3) is 1.52. The maximum atomic E-state index is 13.0. The highest BCUT2D eigenvalue weighted by Crippen LogP contribution is 2.30. The number of phenolic OH excluding ortho intramolecular Hbond substituents is 1. The minimum absolute atomic E-state index is 0.124. The van der Waals surface area contributed by atoms with Crippen LogP contribution in [0.3, 0.4) is 0 Å². The van der Waals surface area contributed by atoms with Crippen molar-refractivity contribution in [1.29, 1.82) is 0 Å². The molecule has 2 aromatic heterocycles. The van der Waals surface area contributed by atoms with Gasteiger partial charge >= 0.3 is 0 Å². The molecular formula is C13H10FN3O. The third-order valence-corrected chi connectivity index (χ3v) is 2.88. The highest BCUT2D eigenvalue weighted by atomic mass is 19.1. The Morgan fingerprint density at radius 3 is 2.83 bits per heavy atom. The number of rotatable bonds is 1. The second-order valence-corrected chi connectivity index (χ2v) is 4.02. The molecule has 0 atom stereocenters. The Labute approximate surface area is 102 Å². The molecule has 0 aliphatic carbocycles. The molecule has 3 aromatic rings. The lowest BCUT2D eigenvalue weighted by Gasteiger charge is -2.04. The normalized spacial score (nSPS) is 11.0. The Balaban J connectivity index is 2.28. The molecular weight excluding hydrogens is 233 g/mol. The number of aryl methyl sites for hydroxylation is 1. The summed E-state index contributed by atoms with van der Waals surface area (Å²) in [6.07, 6.45) is 3.36. The van der Waals surface area contributed by atoms with E-state index in [2.05, 4.69) is 9.97 Å². The minimum atomic E-state index is -0.475. The number of phenols is 1. The molecule has 4 nitrogen and oxygen atoms in total. The second kappa shape index (κ2) is 3.80. The zero-order chi connectivity index (χ0) is 12.7. The Bertz CT molecular complexity index is 736. The quantitative estimate of drug-likeness (QED) is 0.714. The maximum Gasteiger partial charge on any atom is 0.144 e. The molecule has 1 N–H and O–H groups in total. The van der Waals surface area contributed by atoms with Gasteiger partial charge in [-0.2, -0.15) is 0 Å². The molecule has 5 heteroatoms. The van der Waals surface area contributed by atoms with Gasteiger partial charge in [0.1, 0.15) is 17.4 Å². The standard InChI is InChI=1S/C13H10FN3O/c1-17-11-7-15-5-4-10(11)16-13(17)9-3-2-8(14)6-12(9)18/h2-7,18H,1H3. The van der Waals surface area contributed by atoms with Gasteiger partial charge in [0.05, 0.1) is 22.8 Å². The monoisotopic (exact) mass is 243 g/mol. The number of halogens is 1. The molecule has 0 saturated heterocycles. The summed E-state index contributed by atoms with van der Waals surface area (Å²) in [6, 6.07) is 5.68. The molecule has 1 aromatic carbocycles. The van der Waals surface area contributed by atoms with E-state index in [0.717, 1.165) is 17.1 Å². The summed E-state index contributed by atoms with van der Waals surface area (Å²) in [6.45, 7) is 0. The van der Waals surface area contributed by atoms with Gasteiger partial charge in [0.2, 0.25) is 0 Å². The molecule has 0 aliphatic heterocycles. The van der Waals surface area contributed by atoms with E-state index in [9.17, 15) is 9.50 Å². The van der Waals surface area contributed by atoms with Gasteiger partial charge in [-0.25, -0.2) is 9.37 Å². The fourth-order valence-corrected chi connectivity index (χ4v) is 1.97. The van der Waals surface area contributed by atoms with Gasteiger partial charge in [-0.3, -0.25) is 4.98 Å². The zero-order valence-electron chi connectivity index (χ0n) is 9.63. The summed E-state index contributed by atoms with van der Waals surface area (Å²) in [4.78, 5) is 8.45. The van der Waals surface area contributed by atoms with Gasteiger partial charge in [0.15, 0.2) is 0 Å². The van der Waals surface area contributed by atoms with E-state index in [0.29, 0.717) is 11.4 Å². The first-order valence-corrected chi connectivity index (χ1v) is 5.42. The molecule has 2 heterocycles. The summed E-state index contributed by atoms with van der Waals surface area (Å²) in [5, 5.41) is 9.79. The van der Waals surface area contributed by atoms with Crippen LogP contribution < -0.4 is 0 Å². The van der Waals surface area contributed by atoms with Crippen molar-refractivity contribution in [2.75, 3.05) is 0 Å².